The molecule has 1 unspecified atom stereocenters. The van der Waals surface area contributed by atoms with Crippen LogP contribution in [0.25, 0.3) is 0 Å². The quantitative estimate of drug-likeness (QED) is 0.870. The van der Waals surface area contributed by atoms with E-state index in [-0.39, 0.29) is 30.3 Å². The molecule has 0 bridgehead atoms. The van der Waals surface area contributed by atoms with Crippen LogP contribution in [0.4, 0.5) is 0 Å². The van der Waals surface area contributed by atoms with Gasteiger partial charge in [0.15, 0.2) is 0 Å². The van der Waals surface area contributed by atoms with Crippen molar-refractivity contribution in [1.29, 1.82) is 0 Å². The van der Waals surface area contributed by atoms with Crippen LogP contribution in [-0.4, -0.2) is 31.6 Å². The lowest BCUT2D eigenvalue weighted by atomic mass is 9.96. The molecule has 20 heavy (non-hydrogen) atoms. The highest BCUT2D eigenvalue weighted by Gasteiger charge is 2.26. The number of hydrogen-bond acceptors (Lipinski definition) is 3. The van der Waals surface area contributed by atoms with Crippen molar-refractivity contribution in [3.05, 3.63) is 29.8 Å². The molecule has 5 heteroatoms. The number of piperidine rings is 1. The van der Waals surface area contributed by atoms with E-state index in [0.717, 1.165) is 38.1 Å². The Balaban J connectivity index is 0.00000147. The maximum atomic E-state index is 12.2. The monoisotopic (exact) mass is 296 g/mol. The number of fused-ring (bicyclic) bond motifs is 1. The highest BCUT2D eigenvalue weighted by Crippen LogP contribution is 2.24. The summed E-state index contributed by atoms with van der Waals surface area (Å²) < 4.78 is 5.70. The van der Waals surface area contributed by atoms with Gasteiger partial charge in [0.2, 0.25) is 5.91 Å². The molecule has 3 rings (SSSR count). The average Bonchev–Trinajstić information content (AvgIpc) is 2.48. The molecule has 2 heterocycles. The molecule has 1 aromatic rings. The van der Waals surface area contributed by atoms with Crippen LogP contribution in [0.1, 0.15) is 18.4 Å². The Labute approximate surface area is 125 Å². The van der Waals surface area contributed by atoms with E-state index in [9.17, 15) is 4.79 Å². The van der Waals surface area contributed by atoms with E-state index in [0.29, 0.717) is 6.61 Å². The molecule has 2 aliphatic heterocycles. The van der Waals surface area contributed by atoms with Crippen LogP contribution in [0.3, 0.4) is 0 Å². The zero-order chi connectivity index (χ0) is 13.1. The summed E-state index contributed by atoms with van der Waals surface area (Å²) in [6.07, 6.45) is 2.75. The van der Waals surface area contributed by atoms with E-state index in [1.165, 1.54) is 5.56 Å². The molecule has 1 amide bonds. The van der Waals surface area contributed by atoms with E-state index in [4.69, 9.17) is 4.74 Å². The van der Waals surface area contributed by atoms with Gasteiger partial charge in [0, 0.05) is 5.92 Å². The summed E-state index contributed by atoms with van der Waals surface area (Å²) >= 11 is 0. The number of carbonyl (C=O) groups is 1. The summed E-state index contributed by atoms with van der Waals surface area (Å²) in [6, 6.07) is 8.15. The van der Waals surface area contributed by atoms with Gasteiger partial charge in [-0.3, -0.25) is 4.79 Å². The van der Waals surface area contributed by atoms with Crippen molar-refractivity contribution in [3.8, 4) is 5.75 Å². The molecule has 0 aromatic heterocycles. The maximum Gasteiger partial charge on any atom is 0.223 e. The molecule has 2 aliphatic rings. The fourth-order valence-electron chi connectivity index (χ4n) is 2.82. The first kappa shape index (κ1) is 15.1. The highest BCUT2D eigenvalue weighted by atomic mass is 35.5. The normalized spacial score (nSPS) is 22.1. The van der Waals surface area contributed by atoms with Gasteiger partial charge in [0.25, 0.3) is 0 Å². The molecule has 0 aliphatic carbocycles. The fourth-order valence-corrected chi connectivity index (χ4v) is 2.82. The molecule has 1 aromatic carbocycles. The Morgan fingerprint density at radius 3 is 2.80 bits per heavy atom. The van der Waals surface area contributed by atoms with E-state index in [2.05, 4.69) is 16.7 Å². The first-order valence-corrected chi connectivity index (χ1v) is 7.05. The minimum atomic E-state index is 0. The van der Waals surface area contributed by atoms with Gasteiger partial charge in [-0.2, -0.15) is 0 Å². The average molecular weight is 297 g/mol. The molecule has 0 radical (unpaired) electrons. The predicted molar refractivity (Wildman–Crippen MR) is 80.4 cm³/mol. The Morgan fingerprint density at radius 1 is 1.25 bits per heavy atom. The largest absolute Gasteiger partial charge is 0.491 e. The highest BCUT2D eigenvalue weighted by molar-refractivity contribution is 5.85. The Hall–Kier alpha value is -1.26. The van der Waals surface area contributed by atoms with Gasteiger partial charge in [0.05, 0.1) is 6.04 Å². The number of hydrogen-bond donors (Lipinski definition) is 2. The number of ether oxygens (including phenoxy) is 1. The minimum absolute atomic E-state index is 0. The van der Waals surface area contributed by atoms with Gasteiger partial charge in [-0.25, -0.2) is 0 Å². The zero-order valence-corrected chi connectivity index (χ0v) is 12.2. The number of amides is 1. The second kappa shape index (κ2) is 6.95. The van der Waals surface area contributed by atoms with Crippen molar-refractivity contribution in [1.82, 2.24) is 10.6 Å². The number of carbonyl (C=O) groups excluding carboxylic acids is 1. The molecular formula is C15H21ClN2O2. The summed E-state index contributed by atoms with van der Waals surface area (Å²) in [7, 11) is 0. The van der Waals surface area contributed by atoms with Crippen molar-refractivity contribution in [2.45, 2.75) is 25.3 Å². The van der Waals surface area contributed by atoms with E-state index in [1.807, 2.05) is 18.2 Å². The Morgan fingerprint density at radius 2 is 2.00 bits per heavy atom. The lowest BCUT2D eigenvalue weighted by Gasteiger charge is -2.29. The first-order chi connectivity index (χ1) is 9.33. The lowest BCUT2D eigenvalue weighted by molar-refractivity contribution is -0.126. The fraction of sp³-hybridized carbons (Fsp3) is 0.533. The van der Waals surface area contributed by atoms with E-state index >= 15 is 0 Å². The standard InChI is InChI=1S/C15H20N2O2.ClH/c18-15(11-5-7-16-8-6-11)17-13-9-12-3-1-2-4-14(12)19-10-13;/h1-4,11,13,16H,5-10H2,(H,17,18);1H. The maximum absolute atomic E-state index is 12.2. The van der Waals surface area contributed by atoms with Gasteiger partial charge in [-0.05, 0) is 44.0 Å². The van der Waals surface area contributed by atoms with Crippen LogP contribution in [0, 0.1) is 5.92 Å². The molecule has 1 saturated heterocycles. The number of nitrogens with one attached hydrogen (secondary N) is 2. The molecule has 1 fully saturated rings. The van der Waals surface area contributed by atoms with Gasteiger partial charge < -0.3 is 15.4 Å². The van der Waals surface area contributed by atoms with Crippen molar-refractivity contribution < 1.29 is 9.53 Å². The van der Waals surface area contributed by atoms with Gasteiger partial charge in [0.1, 0.15) is 12.4 Å². The van der Waals surface area contributed by atoms with Crippen molar-refractivity contribution >= 4 is 18.3 Å². The second-order valence-corrected chi connectivity index (χ2v) is 5.35. The van der Waals surface area contributed by atoms with Gasteiger partial charge >= 0.3 is 0 Å². The van der Waals surface area contributed by atoms with E-state index in [1.54, 1.807) is 0 Å². The van der Waals surface area contributed by atoms with Crippen LogP contribution in [0.2, 0.25) is 0 Å². The Bertz CT molecular complexity index is 461. The second-order valence-electron chi connectivity index (χ2n) is 5.35. The van der Waals surface area contributed by atoms with Crippen LogP contribution in [-0.2, 0) is 11.2 Å². The van der Waals surface area contributed by atoms with Crippen molar-refractivity contribution in [2.75, 3.05) is 19.7 Å². The smallest absolute Gasteiger partial charge is 0.223 e. The third kappa shape index (κ3) is 3.44. The molecule has 4 nitrogen and oxygen atoms in total. The van der Waals surface area contributed by atoms with Crippen LogP contribution < -0.4 is 15.4 Å². The number of para-hydroxylation sites is 1. The summed E-state index contributed by atoms with van der Waals surface area (Å²) in [4.78, 5) is 12.2. The summed E-state index contributed by atoms with van der Waals surface area (Å²) in [5.74, 6) is 1.31. The molecule has 2 N–H and O–H groups in total. The molecule has 0 saturated carbocycles. The third-order valence-electron chi connectivity index (χ3n) is 3.94. The van der Waals surface area contributed by atoms with Gasteiger partial charge in [-0.1, -0.05) is 18.2 Å². The summed E-state index contributed by atoms with van der Waals surface area (Å²) in [6.45, 7) is 2.47. The first-order valence-electron chi connectivity index (χ1n) is 7.05. The SMILES string of the molecule is Cl.O=C(NC1COc2ccccc2C1)C1CCNCC1. The number of halogens is 1. The van der Waals surface area contributed by atoms with E-state index < -0.39 is 0 Å². The predicted octanol–water partition coefficient (Wildman–Crippen LogP) is 1.53. The molecule has 1 atom stereocenters. The summed E-state index contributed by atoms with van der Waals surface area (Å²) in [5, 5.41) is 6.42. The third-order valence-corrected chi connectivity index (χ3v) is 3.94. The minimum Gasteiger partial charge on any atom is -0.491 e. The lowest BCUT2D eigenvalue weighted by Crippen LogP contribution is -2.47. The number of benzene rings is 1. The van der Waals surface area contributed by atoms with Crippen LogP contribution in [0.15, 0.2) is 24.3 Å². The van der Waals surface area contributed by atoms with Crippen molar-refractivity contribution in [2.24, 2.45) is 5.92 Å². The number of rotatable bonds is 2. The van der Waals surface area contributed by atoms with Crippen LogP contribution in [0.5, 0.6) is 5.75 Å². The van der Waals surface area contributed by atoms with Gasteiger partial charge in [-0.15, -0.1) is 12.4 Å². The molecule has 0 spiro atoms. The van der Waals surface area contributed by atoms with Crippen LogP contribution >= 0.6 is 12.4 Å². The Kier molecular flexibility index (Phi) is 5.26. The molecule has 110 valence electrons. The summed E-state index contributed by atoms with van der Waals surface area (Å²) in [5.41, 5.74) is 1.18. The molecular weight excluding hydrogens is 276 g/mol. The zero-order valence-electron chi connectivity index (χ0n) is 11.4. The topological polar surface area (TPSA) is 50.4 Å². The van der Waals surface area contributed by atoms with Crippen molar-refractivity contribution in [3.63, 3.8) is 0 Å².